The fraction of sp³-hybridized carbons (Fsp3) is 0.265. The fourth-order valence-electron chi connectivity index (χ4n) is 7.39. The molecule has 12 nitrogen and oxygen atoms in total. The van der Waals surface area contributed by atoms with Gasteiger partial charge in [0.15, 0.2) is 29.3 Å². The van der Waals surface area contributed by atoms with E-state index in [1.807, 2.05) is 116 Å². The lowest BCUT2D eigenvalue weighted by molar-refractivity contribution is 0.0674. The van der Waals surface area contributed by atoms with E-state index in [-0.39, 0.29) is 18.2 Å². The molecule has 4 heterocycles. The van der Waals surface area contributed by atoms with E-state index in [0.717, 1.165) is 52.1 Å². The molecule has 4 N–H and O–H groups in total. The maximum atomic E-state index is 15.0. The number of benzene rings is 4. The van der Waals surface area contributed by atoms with Gasteiger partial charge in [-0.1, -0.05) is 106 Å². The molecule has 0 spiro atoms. The van der Waals surface area contributed by atoms with Crippen molar-refractivity contribution in [2.75, 3.05) is 52.6 Å². The molecule has 0 bridgehead atoms. The van der Waals surface area contributed by atoms with Crippen molar-refractivity contribution in [1.82, 2.24) is 20.1 Å². The van der Waals surface area contributed by atoms with Gasteiger partial charge in [-0.15, -0.1) is 0 Å². The number of guanidine groups is 2. The van der Waals surface area contributed by atoms with Gasteiger partial charge < -0.3 is 39.8 Å². The summed E-state index contributed by atoms with van der Waals surface area (Å²) < 4.78 is 51.6. The van der Waals surface area contributed by atoms with Gasteiger partial charge in [0.2, 0.25) is 0 Å². The number of nitrogens with zero attached hydrogens (tertiary/aromatic N) is 6. The Bertz CT molecular complexity index is 2600. The molecule has 0 saturated carbocycles. The van der Waals surface area contributed by atoms with E-state index in [9.17, 15) is 8.78 Å². The molecule has 0 amide bonds. The van der Waals surface area contributed by atoms with Crippen LogP contribution in [0.4, 0.5) is 14.6 Å². The third-order valence-corrected chi connectivity index (χ3v) is 10.5. The Labute approximate surface area is 366 Å². The van der Waals surface area contributed by atoms with Crippen molar-refractivity contribution in [2.24, 2.45) is 21.5 Å². The lowest BCUT2D eigenvalue weighted by atomic mass is 9.95. The SMILES string of the molecule is CC(C)=C(c1ccc(-c2ccccc2)c(F)c1)c1cc(/N=C(/N)N2CCOCC2)no1.CC(C)=C(c1ccc(-c2ccccc2)c(F)c1)c1cc(C/N=C(\N)N2CCOCC2)on1. The summed E-state index contributed by atoms with van der Waals surface area (Å²) >= 11 is 0. The highest BCUT2D eigenvalue weighted by Gasteiger charge is 2.19. The molecule has 0 unspecified atom stereocenters. The van der Waals surface area contributed by atoms with Gasteiger partial charge in [-0.2, -0.15) is 4.99 Å². The molecular formula is C49H52F2N8O4. The van der Waals surface area contributed by atoms with E-state index in [4.69, 9.17) is 30.0 Å². The summed E-state index contributed by atoms with van der Waals surface area (Å²) in [5.41, 5.74) is 20.7. The minimum atomic E-state index is -0.295. The van der Waals surface area contributed by atoms with Crippen LogP contribution in [0.1, 0.15) is 56.0 Å². The number of aromatic nitrogens is 2. The molecule has 2 aliphatic rings. The second kappa shape index (κ2) is 20.8. The standard InChI is InChI=1S/C25H27FN4O2.C24H25FN4O2/c1-17(2)24(19-8-9-21(22(26)14-19)18-6-4-3-5-7-18)23-15-20(32-29-23)16-28-25(27)30-10-12-31-13-11-30;1-16(2)23(18-8-9-19(20(25)14-18)17-6-4-3-5-7-17)21-15-22(28-31-21)27-24(26)29-10-12-30-13-11-29/h3-9,14-15H,10-13,16H2,1-2H3,(H2,27,28);3-9,14-15H,10-13H2,1-2H3,(H2,26,27,28). The Morgan fingerprint density at radius 2 is 1.11 bits per heavy atom. The Kier molecular flexibility index (Phi) is 14.6. The summed E-state index contributed by atoms with van der Waals surface area (Å²) in [4.78, 5) is 12.7. The third-order valence-electron chi connectivity index (χ3n) is 10.5. The van der Waals surface area contributed by atoms with Crippen LogP contribution in [0.5, 0.6) is 0 Å². The summed E-state index contributed by atoms with van der Waals surface area (Å²) in [6, 6.07) is 33.0. The van der Waals surface area contributed by atoms with Gasteiger partial charge in [0.1, 0.15) is 23.9 Å². The van der Waals surface area contributed by atoms with E-state index in [1.165, 1.54) is 6.07 Å². The zero-order valence-electron chi connectivity index (χ0n) is 36.0. The second-order valence-electron chi connectivity index (χ2n) is 15.4. The molecule has 2 aromatic heterocycles. The van der Waals surface area contributed by atoms with Crippen LogP contribution in [-0.4, -0.2) is 84.6 Å². The molecule has 8 rings (SSSR count). The second-order valence-corrected chi connectivity index (χ2v) is 15.4. The van der Waals surface area contributed by atoms with Crippen molar-refractivity contribution < 1.29 is 27.3 Å². The van der Waals surface area contributed by atoms with E-state index in [1.54, 1.807) is 24.3 Å². The van der Waals surface area contributed by atoms with Gasteiger partial charge in [-0.25, -0.2) is 13.8 Å². The lowest BCUT2D eigenvalue weighted by Gasteiger charge is -2.27. The van der Waals surface area contributed by atoms with E-state index in [2.05, 4.69) is 20.3 Å². The summed E-state index contributed by atoms with van der Waals surface area (Å²) in [6.45, 7) is 13.5. The summed E-state index contributed by atoms with van der Waals surface area (Å²) in [7, 11) is 0. The number of hydrogen-bond acceptors (Lipinski definition) is 8. The van der Waals surface area contributed by atoms with Gasteiger partial charge in [-0.3, -0.25) is 0 Å². The molecule has 0 aliphatic carbocycles. The first-order valence-electron chi connectivity index (χ1n) is 20.8. The largest absolute Gasteiger partial charge is 0.378 e. The van der Waals surface area contributed by atoms with Gasteiger partial charge in [0.25, 0.3) is 0 Å². The van der Waals surface area contributed by atoms with Crippen LogP contribution in [0.15, 0.2) is 139 Å². The molecule has 0 radical (unpaired) electrons. The fourth-order valence-corrected chi connectivity index (χ4v) is 7.39. The zero-order chi connectivity index (χ0) is 44.3. The average molecular weight is 855 g/mol. The highest BCUT2D eigenvalue weighted by Crippen LogP contribution is 2.34. The normalized spacial score (nSPS) is 14.5. The predicted octanol–water partition coefficient (Wildman–Crippen LogP) is 9.07. The Balaban J connectivity index is 0.000000189. The molecule has 63 heavy (non-hydrogen) atoms. The van der Waals surface area contributed by atoms with Crippen LogP contribution < -0.4 is 11.5 Å². The van der Waals surface area contributed by atoms with E-state index < -0.39 is 0 Å². The van der Waals surface area contributed by atoms with Crippen LogP contribution in [0.2, 0.25) is 0 Å². The third kappa shape index (κ3) is 11.1. The smallest absolute Gasteiger partial charge is 0.199 e. The van der Waals surface area contributed by atoms with E-state index >= 15 is 0 Å². The van der Waals surface area contributed by atoms with Gasteiger partial charge in [0.05, 0.1) is 26.4 Å². The average Bonchev–Trinajstić information content (AvgIpc) is 3.96. The summed E-state index contributed by atoms with van der Waals surface area (Å²) in [5.74, 6) is 1.75. The molecule has 0 atom stereocenters. The number of allylic oxidation sites excluding steroid dienone is 2. The Hall–Kier alpha value is -6.90. The first kappa shape index (κ1) is 44.2. The van der Waals surface area contributed by atoms with Crippen LogP contribution in [-0.2, 0) is 16.0 Å². The van der Waals surface area contributed by atoms with Crippen molar-refractivity contribution >= 4 is 28.9 Å². The molecule has 6 aromatic rings. The maximum Gasteiger partial charge on any atom is 0.199 e. The first-order valence-corrected chi connectivity index (χ1v) is 20.8. The topological polar surface area (TPSA) is 154 Å². The number of rotatable bonds is 9. The predicted molar refractivity (Wildman–Crippen MR) is 243 cm³/mol. The summed E-state index contributed by atoms with van der Waals surface area (Å²) in [5, 5.41) is 8.25. The van der Waals surface area contributed by atoms with Crippen LogP contribution in [0, 0.1) is 11.6 Å². The first-order chi connectivity index (χ1) is 30.5. The zero-order valence-corrected chi connectivity index (χ0v) is 36.0. The van der Waals surface area contributed by atoms with Crippen molar-refractivity contribution in [2.45, 2.75) is 34.2 Å². The van der Waals surface area contributed by atoms with Crippen molar-refractivity contribution in [1.29, 1.82) is 0 Å². The highest BCUT2D eigenvalue weighted by molar-refractivity contribution is 5.84. The van der Waals surface area contributed by atoms with Crippen LogP contribution in [0.3, 0.4) is 0 Å². The Morgan fingerprint density at radius 3 is 1.62 bits per heavy atom. The molecule has 326 valence electrons. The number of morpholine rings is 2. The molecule has 4 aromatic carbocycles. The quantitative estimate of drug-likeness (QED) is 0.106. The molecule has 2 aliphatic heterocycles. The number of aliphatic imine (C=N–C) groups is 2. The Morgan fingerprint density at radius 1 is 0.603 bits per heavy atom. The van der Waals surface area contributed by atoms with Crippen molar-refractivity contribution in [3.05, 3.63) is 160 Å². The number of ether oxygens (including phenoxy) is 2. The molecule has 2 fully saturated rings. The van der Waals surface area contributed by atoms with Crippen molar-refractivity contribution in [3.63, 3.8) is 0 Å². The minimum Gasteiger partial charge on any atom is -0.378 e. The number of nitrogens with two attached hydrogens (primary N) is 2. The lowest BCUT2D eigenvalue weighted by Crippen LogP contribution is -2.44. The molecule has 14 heteroatoms. The van der Waals surface area contributed by atoms with Gasteiger partial charge >= 0.3 is 0 Å². The van der Waals surface area contributed by atoms with Crippen molar-refractivity contribution in [3.8, 4) is 22.3 Å². The molecular weight excluding hydrogens is 803 g/mol. The molecule has 2 saturated heterocycles. The highest BCUT2D eigenvalue weighted by atomic mass is 19.1. The monoisotopic (exact) mass is 854 g/mol. The van der Waals surface area contributed by atoms with Gasteiger partial charge in [0, 0.05) is 60.6 Å². The van der Waals surface area contributed by atoms with Gasteiger partial charge in [-0.05, 0) is 62.1 Å². The number of hydrogen-bond donors (Lipinski definition) is 2. The summed E-state index contributed by atoms with van der Waals surface area (Å²) in [6.07, 6.45) is 0. The number of halogens is 2. The minimum absolute atomic E-state index is 0.279. The van der Waals surface area contributed by atoms with Crippen LogP contribution in [0.25, 0.3) is 33.4 Å². The van der Waals surface area contributed by atoms with E-state index in [0.29, 0.717) is 91.2 Å². The van der Waals surface area contributed by atoms with Crippen LogP contribution >= 0.6 is 0 Å². The maximum absolute atomic E-state index is 15.0.